The number of nitrogens with two attached hydrogens (primary N) is 1. The molecule has 0 bridgehead atoms. The van der Waals surface area contributed by atoms with Gasteiger partial charge in [0.05, 0.1) is 20.1 Å². The average Bonchev–Trinajstić information content (AvgIpc) is 3.12. The molecule has 158 valence electrons. The molecule has 3 rings (SSSR count). The normalized spacial score (nSPS) is 20.1. The van der Waals surface area contributed by atoms with Gasteiger partial charge in [0.25, 0.3) is 0 Å². The molecule has 2 saturated heterocycles. The Morgan fingerprint density at radius 2 is 1.79 bits per heavy atom. The van der Waals surface area contributed by atoms with Gasteiger partial charge in [-0.2, -0.15) is 0 Å². The fraction of sp³-hybridized carbons (Fsp3) is 0.571. The molecule has 1 aromatic carbocycles. The minimum absolute atomic E-state index is 0.00915. The van der Waals surface area contributed by atoms with Gasteiger partial charge >= 0.3 is 0 Å². The van der Waals surface area contributed by atoms with Crippen molar-refractivity contribution in [3.05, 3.63) is 23.8 Å². The van der Waals surface area contributed by atoms with Crippen molar-refractivity contribution in [1.82, 2.24) is 9.80 Å². The highest BCUT2D eigenvalue weighted by molar-refractivity contribution is 5.89. The first kappa shape index (κ1) is 21.0. The van der Waals surface area contributed by atoms with Crippen LogP contribution in [0.3, 0.4) is 0 Å². The van der Waals surface area contributed by atoms with Crippen molar-refractivity contribution in [3.8, 4) is 11.5 Å². The number of benzene rings is 1. The first-order valence-electron chi connectivity index (χ1n) is 9.99. The molecule has 0 spiro atoms. The molecule has 0 saturated carbocycles. The van der Waals surface area contributed by atoms with Gasteiger partial charge in [0.15, 0.2) is 11.5 Å². The van der Waals surface area contributed by atoms with E-state index in [9.17, 15) is 14.4 Å². The van der Waals surface area contributed by atoms with Crippen molar-refractivity contribution in [2.24, 2.45) is 17.6 Å². The van der Waals surface area contributed by atoms with Gasteiger partial charge in [-0.3, -0.25) is 14.4 Å². The summed E-state index contributed by atoms with van der Waals surface area (Å²) in [5.41, 5.74) is 6.39. The first-order chi connectivity index (χ1) is 13.9. The monoisotopic (exact) mass is 403 g/mol. The number of piperidine rings is 1. The smallest absolute Gasteiger partial charge is 0.227 e. The number of rotatable bonds is 7. The molecule has 2 aliphatic rings. The summed E-state index contributed by atoms with van der Waals surface area (Å²) in [7, 11) is 3.18. The number of nitrogens with zero attached hydrogens (tertiary/aromatic N) is 2. The number of carbonyl (C=O) groups is 3. The molecule has 2 N–H and O–H groups in total. The van der Waals surface area contributed by atoms with E-state index >= 15 is 0 Å². The standard InChI is InChI=1S/C21H29N3O5/c1-28-17-4-3-14(11-18(17)29-2)5-8-24-13-16(12-19(24)25)21(27)23-9-6-15(7-10-23)20(22)26/h3-4,11,15-16H,5-10,12-13H2,1-2H3,(H2,22,26). The Balaban J connectivity index is 1.53. The summed E-state index contributed by atoms with van der Waals surface area (Å²) in [6.45, 7) is 2.06. The molecule has 2 aliphatic heterocycles. The van der Waals surface area contributed by atoms with Gasteiger partial charge in [-0.1, -0.05) is 6.07 Å². The van der Waals surface area contributed by atoms with Gasteiger partial charge in [-0.15, -0.1) is 0 Å². The van der Waals surface area contributed by atoms with Gasteiger partial charge in [-0.25, -0.2) is 0 Å². The molecule has 0 aliphatic carbocycles. The number of amides is 3. The Kier molecular flexibility index (Phi) is 6.61. The Labute approximate surface area is 170 Å². The molecule has 0 aromatic heterocycles. The van der Waals surface area contributed by atoms with Crippen LogP contribution in [0.2, 0.25) is 0 Å². The number of hydrogen-bond donors (Lipinski definition) is 1. The molecule has 2 fully saturated rings. The van der Waals surface area contributed by atoms with Crippen molar-refractivity contribution in [3.63, 3.8) is 0 Å². The van der Waals surface area contributed by atoms with Crippen molar-refractivity contribution < 1.29 is 23.9 Å². The zero-order valence-corrected chi connectivity index (χ0v) is 17.1. The molecule has 1 aromatic rings. The van der Waals surface area contributed by atoms with Crippen LogP contribution in [0, 0.1) is 11.8 Å². The van der Waals surface area contributed by atoms with E-state index in [4.69, 9.17) is 15.2 Å². The summed E-state index contributed by atoms with van der Waals surface area (Å²) in [6.07, 6.45) is 2.13. The maximum atomic E-state index is 12.8. The quantitative estimate of drug-likeness (QED) is 0.726. The van der Waals surface area contributed by atoms with E-state index < -0.39 is 0 Å². The minimum Gasteiger partial charge on any atom is -0.493 e. The van der Waals surface area contributed by atoms with Crippen LogP contribution in [-0.2, 0) is 20.8 Å². The summed E-state index contributed by atoms with van der Waals surface area (Å²) in [4.78, 5) is 40.0. The van der Waals surface area contributed by atoms with Crippen LogP contribution < -0.4 is 15.2 Å². The predicted molar refractivity (Wildman–Crippen MR) is 106 cm³/mol. The largest absolute Gasteiger partial charge is 0.493 e. The highest BCUT2D eigenvalue weighted by Crippen LogP contribution is 2.28. The van der Waals surface area contributed by atoms with Gasteiger partial charge in [0.1, 0.15) is 0 Å². The van der Waals surface area contributed by atoms with Crippen LogP contribution in [0.15, 0.2) is 18.2 Å². The van der Waals surface area contributed by atoms with Crippen LogP contribution >= 0.6 is 0 Å². The second-order valence-corrected chi connectivity index (χ2v) is 7.68. The van der Waals surface area contributed by atoms with Crippen molar-refractivity contribution in [1.29, 1.82) is 0 Å². The number of hydrogen-bond acceptors (Lipinski definition) is 5. The molecule has 29 heavy (non-hydrogen) atoms. The third kappa shape index (κ3) is 4.81. The van der Waals surface area contributed by atoms with Crippen LogP contribution in [0.25, 0.3) is 0 Å². The first-order valence-corrected chi connectivity index (χ1v) is 9.99. The van der Waals surface area contributed by atoms with Gasteiger partial charge in [-0.05, 0) is 37.0 Å². The van der Waals surface area contributed by atoms with E-state index in [1.54, 1.807) is 24.0 Å². The van der Waals surface area contributed by atoms with E-state index in [1.165, 1.54) is 0 Å². The lowest BCUT2D eigenvalue weighted by molar-refractivity contribution is -0.138. The summed E-state index contributed by atoms with van der Waals surface area (Å²) >= 11 is 0. The summed E-state index contributed by atoms with van der Waals surface area (Å²) in [5.74, 6) is 0.588. The number of methoxy groups -OCH3 is 2. The zero-order valence-electron chi connectivity index (χ0n) is 17.1. The van der Waals surface area contributed by atoms with Crippen molar-refractivity contribution in [2.45, 2.75) is 25.7 Å². The Morgan fingerprint density at radius 1 is 1.10 bits per heavy atom. The molecule has 8 nitrogen and oxygen atoms in total. The number of likely N-dealkylation sites (tertiary alicyclic amines) is 2. The Morgan fingerprint density at radius 3 is 2.41 bits per heavy atom. The molecule has 2 heterocycles. The van der Waals surface area contributed by atoms with Crippen LogP contribution in [0.5, 0.6) is 11.5 Å². The molecular weight excluding hydrogens is 374 g/mol. The van der Waals surface area contributed by atoms with E-state index in [0.29, 0.717) is 56.9 Å². The van der Waals surface area contributed by atoms with Crippen LogP contribution in [-0.4, -0.2) is 67.9 Å². The fourth-order valence-electron chi connectivity index (χ4n) is 4.10. The second kappa shape index (κ2) is 9.15. The maximum Gasteiger partial charge on any atom is 0.227 e. The molecule has 1 atom stereocenters. The average molecular weight is 403 g/mol. The maximum absolute atomic E-state index is 12.8. The van der Waals surface area contributed by atoms with Gasteiger partial charge in [0, 0.05) is 38.5 Å². The number of primary amides is 1. The fourth-order valence-corrected chi connectivity index (χ4v) is 4.10. The predicted octanol–water partition coefficient (Wildman–Crippen LogP) is 0.819. The van der Waals surface area contributed by atoms with Gasteiger partial charge < -0.3 is 25.0 Å². The lowest BCUT2D eigenvalue weighted by Gasteiger charge is -2.32. The van der Waals surface area contributed by atoms with Crippen LogP contribution in [0.1, 0.15) is 24.8 Å². The summed E-state index contributed by atoms with van der Waals surface area (Å²) < 4.78 is 10.6. The van der Waals surface area contributed by atoms with E-state index in [-0.39, 0.29) is 36.0 Å². The zero-order chi connectivity index (χ0) is 21.0. The highest BCUT2D eigenvalue weighted by Gasteiger charge is 2.37. The SMILES string of the molecule is COc1ccc(CCN2CC(C(=O)N3CCC(C(N)=O)CC3)CC2=O)cc1OC. The van der Waals surface area contributed by atoms with E-state index in [0.717, 1.165) is 5.56 Å². The summed E-state index contributed by atoms with van der Waals surface area (Å²) in [5, 5.41) is 0. The number of carbonyl (C=O) groups excluding carboxylic acids is 3. The van der Waals surface area contributed by atoms with Crippen LogP contribution in [0.4, 0.5) is 0 Å². The molecule has 8 heteroatoms. The highest BCUT2D eigenvalue weighted by atomic mass is 16.5. The Bertz CT molecular complexity index is 774. The van der Waals surface area contributed by atoms with Gasteiger partial charge in [0.2, 0.25) is 17.7 Å². The molecular formula is C21H29N3O5. The summed E-state index contributed by atoms with van der Waals surface area (Å²) in [6, 6.07) is 5.71. The van der Waals surface area contributed by atoms with Crippen molar-refractivity contribution >= 4 is 17.7 Å². The second-order valence-electron chi connectivity index (χ2n) is 7.68. The third-order valence-corrected chi connectivity index (χ3v) is 5.89. The topological polar surface area (TPSA) is 102 Å². The molecule has 1 unspecified atom stereocenters. The third-order valence-electron chi connectivity index (χ3n) is 5.89. The minimum atomic E-state index is -0.307. The van der Waals surface area contributed by atoms with E-state index in [1.807, 2.05) is 18.2 Å². The lowest BCUT2D eigenvalue weighted by atomic mass is 9.95. The van der Waals surface area contributed by atoms with Crippen molar-refractivity contribution in [2.75, 3.05) is 40.4 Å². The molecule has 0 radical (unpaired) electrons. The molecule has 3 amide bonds. The van der Waals surface area contributed by atoms with E-state index in [2.05, 4.69) is 0 Å². The Hall–Kier alpha value is -2.77. The lowest BCUT2D eigenvalue weighted by Crippen LogP contribution is -2.44. The number of ether oxygens (including phenoxy) is 2.